The molecule has 19 heavy (non-hydrogen) atoms. The lowest BCUT2D eigenvalue weighted by molar-refractivity contribution is 0.461. The minimum absolute atomic E-state index is 0.0272. The summed E-state index contributed by atoms with van der Waals surface area (Å²) in [7, 11) is 0. The zero-order valence-electron chi connectivity index (χ0n) is 11.1. The Hall–Kier alpha value is -1.68. The van der Waals surface area contributed by atoms with E-state index in [0.717, 1.165) is 17.7 Å². The first-order chi connectivity index (χ1) is 9.33. The number of nitrogens with two attached hydrogens (primary N) is 1. The molecule has 1 unspecified atom stereocenters. The lowest BCUT2D eigenvalue weighted by atomic mass is 10.1. The van der Waals surface area contributed by atoms with Gasteiger partial charge in [0.1, 0.15) is 0 Å². The summed E-state index contributed by atoms with van der Waals surface area (Å²) >= 11 is 0. The topological polar surface area (TPSA) is 56.7 Å². The fourth-order valence-corrected chi connectivity index (χ4v) is 2.80. The zero-order chi connectivity index (χ0) is 13.1. The Morgan fingerprint density at radius 1 is 1.32 bits per heavy atom. The van der Waals surface area contributed by atoms with Crippen LogP contribution in [0.1, 0.15) is 49.0 Å². The largest absolute Gasteiger partial charge is 0.324 e. The first-order valence-corrected chi connectivity index (χ1v) is 7.02. The van der Waals surface area contributed by atoms with Gasteiger partial charge in [-0.1, -0.05) is 18.9 Å². The molecule has 0 saturated heterocycles. The Labute approximate surface area is 113 Å². The normalized spacial score (nSPS) is 17.7. The SMILES string of the molecule is NC(Cc1ccn(C2CCCC2)n1)c1cccnc1. The quantitative estimate of drug-likeness (QED) is 0.915. The van der Waals surface area contributed by atoms with Crippen LogP contribution >= 0.6 is 0 Å². The van der Waals surface area contributed by atoms with Gasteiger partial charge in [0.25, 0.3) is 0 Å². The van der Waals surface area contributed by atoms with Crippen molar-refractivity contribution >= 4 is 0 Å². The average Bonchev–Trinajstić information content (AvgIpc) is 3.10. The molecule has 0 aliphatic heterocycles. The van der Waals surface area contributed by atoms with Gasteiger partial charge in [0, 0.05) is 31.1 Å². The van der Waals surface area contributed by atoms with Crippen molar-refractivity contribution in [3.63, 3.8) is 0 Å². The van der Waals surface area contributed by atoms with E-state index in [1.165, 1.54) is 25.7 Å². The van der Waals surface area contributed by atoms with Crippen LogP contribution in [0, 0.1) is 0 Å². The molecule has 2 heterocycles. The van der Waals surface area contributed by atoms with Gasteiger partial charge in [-0.15, -0.1) is 0 Å². The van der Waals surface area contributed by atoms with Crippen LogP contribution in [0.25, 0.3) is 0 Å². The predicted molar refractivity (Wildman–Crippen MR) is 74.6 cm³/mol. The highest BCUT2D eigenvalue weighted by atomic mass is 15.3. The second-order valence-corrected chi connectivity index (χ2v) is 5.32. The summed E-state index contributed by atoms with van der Waals surface area (Å²) in [6, 6.07) is 6.61. The number of hydrogen-bond acceptors (Lipinski definition) is 3. The Morgan fingerprint density at radius 2 is 2.16 bits per heavy atom. The molecule has 1 atom stereocenters. The first kappa shape index (κ1) is 12.4. The van der Waals surface area contributed by atoms with Crippen LogP contribution in [0.3, 0.4) is 0 Å². The fourth-order valence-electron chi connectivity index (χ4n) is 2.80. The number of rotatable bonds is 4. The maximum atomic E-state index is 6.20. The second kappa shape index (κ2) is 5.53. The molecule has 2 aromatic heterocycles. The highest BCUT2D eigenvalue weighted by Gasteiger charge is 2.18. The van der Waals surface area contributed by atoms with E-state index in [4.69, 9.17) is 5.73 Å². The van der Waals surface area contributed by atoms with Crippen molar-refractivity contribution in [2.45, 2.75) is 44.2 Å². The van der Waals surface area contributed by atoms with Crippen molar-refractivity contribution in [3.8, 4) is 0 Å². The van der Waals surface area contributed by atoms with E-state index in [-0.39, 0.29) is 6.04 Å². The molecule has 0 amide bonds. The van der Waals surface area contributed by atoms with Gasteiger partial charge in [-0.05, 0) is 30.5 Å². The Kier molecular flexibility index (Phi) is 3.60. The van der Waals surface area contributed by atoms with Gasteiger partial charge in [0.05, 0.1) is 11.7 Å². The van der Waals surface area contributed by atoms with Crippen molar-refractivity contribution in [2.24, 2.45) is 5.73 Å². The van der Waals surface area contributed by atoms with Gasteiger partial charge in [-0.2, -0.15) is 5.10 Å². The lowest BCUT2D eigenvalue weighted by Gasteiger charge is -2.11. The highest BCUT2D eigenvalue weighted by Crippen LogP contribution is 2.29. The minimum atomic E-state index is -0.0272. The van der Waals surface area contributed by atoms with E-state index < -0.39 is 0 Å². The summed E-state index contributed by atoms with van der Waals surface area (Å²) in [5.74, 6) is 0. The highest BCUT2D eigenvalue weighted by molar-refractivity contribution is 5.16. The van der Waals surface area contributed by atoms with Crippen molar-refractivity contribution < 1.29 is 0 Å². The molecule has 1 aliphatic rings. The molecule has 2 N–H and O–H groups in total. The summed E-state index contributed by atoms with van der Waals surface area (Å²) in [5.41, 5.74) is 8.34. The Bertz CT molecular complexity index is 514. The molecular formula is C15H20N4. The maximum absolute atomic E-state index is 6.20. The maximum Gasteiger partial charge on any atom is 0.0643 e. The molecule has 0 aromatic carbocycles. The van der Waals surface area contributed by atoms with Gasteiger partial charge in [-0.3, -0.25) is 9.67 Å². The summed E-state index contributed by atoms with van der Waals surface area (Å²) in [5, 5.41) is 4.67. The number of nitrogens with zero attached hydrogens (tertiary/aromatic N) is 3. The van der Waals surface area contributed by atoms with E-state index in [0.29, 0.717) is 6.04 Å². The molecule has 4 heteroatoms. The molecule has 0 spiro atoms. The van der Waals surface area contributed by atoms with Gasteiger partial charge in [-0.25, -0.2) is 0 Å². The van der Waals surface area contributed by atoms with Crippen LogP contribution in [-0.2, 0) is 6.42 Å². The standard InChI is InChI=1S/C15H20N4/c16-15(12-4-3-8-17-11-12)10-13-7-9-19(18-13)14-5-1-2-6-14/h3-4,7-9,11,14-15H,1-2,5-6,10,16H2. The number of pyridine rings is 1. The Morgan fingerprint density at radius 3 is 2.89 bits per heavy atom. The van der Waals surface area contributed by atoms with Crippen molar-refractivity contribution in [1.82, 2.24) is 14.8 Å². The van der Waals surface area contributed by atoms with Crippen LogP contribution in [0.5, 0.6) is 0 Å². The molecular weight excluding hydrogens is 236 g/mol. The third-order valence-electron chi connectivity index (χ3n) is 3.90. The van der Waals surface area contributed by atoms with E-state index >= 15 is 0 Å². The van der Waals surface area contributed by atoms with Crippen LogP contribution < -0.4 is 5.73 Å². The van der Waals surface area contributed by atoms with Gasteiger partial charge in [0.2, 0.25) is 0 Å². The van der Waals surface area contributed by atoms with E-state index in [2.05, 4.69) is 27.0 Å². The van der Waals surface area contributed by atoms with E-state index in [9.17, 15) is 0 Å². The van der Waals surface area contributed by atoms with Crippen molar-refractivity contribution in [1.29, 1.82) is 0 Å². The van der Waals surface area contributed by atoms with Crippen LogP contribution in [0.2, 0.25) is 0 Å². The summed E-state index contributed by atoms with van der Waals surface area (Å²) in [6.45, 7) is 0. The molecule has 100 valence electrons. The monoisotopic (exact) mass is 256 g/mol. The second-order valence-electron chi connectivity index (χ2n) is 5.32. The van der Waals surface area contributed by atoms with Gasteiger partial charge < -0.3 is 5.73 Å². The third-order valence-corrected chi connectivity index (χ3v) is 3.90. The van der Waals surface area contributed by atoms with E-state index in [1.54, 1.807) is 6.20 Å². The number of aromatic nitrogens is 3. The third kappa shape index (κ3) is 2.84. The van der Waals surface area contributed by atoms with Gasteiger partial charge in [0.15, 0.2) is 0 Å². The smallest absolute Gasteiger partial charge is 0.0643 e. The average molecular weight is 256 g/mol. The van der Waals surface area contributed by atoms with Crippen LogP contribution in [0.15, 0.2) is 36.8 Å². The molecule has 3 rings (SSSR count). The zero-order valence-corrected chi connectivity index (χ0v) is 11.1. The van der Waals surface area contributed by atoms with Crippen LogP contribution in [-0.4, -0.2) is 14.8 Å². The first-order valence-electron chi connectivity index (χ1n) is 7.02. The Balaban J connectivity index is 1.66. The molecule has 4 nitrogen and oxygen atoms in total. The number of hydrogen-bond donors (Lipinski definition) is 1. The van der Waals surface area contributed by atoms with Gasteiger partial charge >= 0.3 is 0 Å². The predicted octanol–water partition coefficient (Wildman–Crippen LogP) is 2.64. The summed E-state index contributed by atoms with van der Waals surface area (Å²) in [6.07, 6.45) is 11.6. The fraction of sp³-hybridized carbons (Fsp3) is 0.467. The molecule has 1 fully saturated rings. The van der Waals surface area contributed by atoms with Crippen LogP contribution in [0.4, 0.5) is 0 Å². The summed E-state index contributed by atoms with van der Waals surface area (Å²) < 4.78 is 2.12. The van der Waals surface area contributed by atoms with Crippen molar-refractivity contribution in [3.05, 3.63) is 48.0 Å². The molecule has 0 bridgehead atoms. The molecule has 1 aliphatic carbocycles. The van der Waals surface area contributed by atoms with Crippen molar-refractivity contribution in [2.75, 3.05) is 0 Å². The van der Waals surface area contributed by atoms with E-state index in [1.807, 2.05) is 18.3 Å². The lowest BCUT2D eigenvalue weighted by Crippen LogP contribution is -2.14. The summed E-state index contributed by atoms with van der Waals surface area (Å²) in [4.78, 5) is 4.11. The molecule has 0 radical (unpaired) electrons. The molecule has 1 saturated carbocycles. The minimum Gasteiger partial charge on any atom is -0.324 e. The molecule has 2 aromatic rings.